The second-order valence-corrected chi connectivity index (χ2v) is 8.62. The Labute approximate surface area is 186 Å². The molecule has 0 spiro atoms. The topological polar surface area (TPSA) is 85.0 Å². The summed E-state index contributed by atoms with van der Waals surface area (Å²) in [5.41, 5.74) is 0.707. The molecule has 1 unspecified atom stereocenters. The quantitative estimate of drug-likeness (QED) is 0.625. The lowest BCUT2D eigenvalue weighted by molar-refractivity contribution is -0.141. The minimum absolute atomic E-state index is 0.124. The van der Waals surface area contributed by atoms with Crippen LogP contribution in [-0.4, -0.2) is 49.7 Å². The third-order valence-corrected chi connectivity index (χ3v) is 6.44. The Kier molecular flexibility index (Phi) is 5.53. The van der Waals surface area contributed by atoms with Crippen molar-refractivity contribution in [2.75, 3.05) is 19.6 Å². The van der Waals surface area contributed by atoms with E-state index < -0.39 is 11.9 Å². The molecule has 0 aromatic carbocycles. The Morgan fingerprint density at radius 3 is 2.48 bits per heavy atom. The number of alkyl halides is 3. The molecule has 1 fully saturated rings. The van der Waals surface area contributed by atoms with Crippen LogP contribution in [0.1, 0.15) is 30.1 Å². The van der Waals surface area contributed by atoms with Crippen LogP contribution >= 0.6 is 0 Å². The largest absolute Gasteiger partial charge is 0.433 e. The van der Waals surface area contributed by atoms with Crippen molar-refractivity contribution in [2.45, 2.75) is 44.2 Å². The normalized spacial score (nSPS) is 19.4. The lowest BCUT2D eigenvalue weighted by Gasteiger charge is -2.34. The van der Waals surface area contributed by atoms with E-state index in [0.29, 0.717) is 36.4 Å². The molecule has 3 aromatic rings. The minimum atomic E-state index is -4.43. The maximum absolute atomic E-state index is 12.6. The Bertz CT molecular complexity index is 1270. The Morgan fingerprint density at radius 1 is 1.00 bits per heavy atom. The molecule has 0 aliphatic carbocycles. The van der Waals surface area contributed by atoms with Crippen LogP contribution in [0.5, 0.6) is 0 Å². The molecule has 1 saturated heterocycles. The van der Waals surface area contributed by atoms with E-state index in [0.717, 1.165) is 32.0 Å². The van der Waals surface area contributed by atoms with Gasteiger partial charge in [-0.3, -0.25) is 23.7 Å². The molecule has 0 bridgehead atoms. The zero-order chi connectivity index (χ0) is 23.2. The molecule has 0 saturated carbocycles. The molecule has 33 heavy (non-hydrogen) atoms. The van der Waals surface area contributed by atoms with Gasteiger partial charge in [-0.05, 0) is 43.6 Å². The van der Waals surface area contributed by atoms with Gasteiger partial charge in [0.05, 0.1) is 12.2 Å². The van der Waals surface area contributed by atoms with Gasteiger partial charge in [-0.15, -0.1) is 0 Å². The fourth-order valence-corrected chi connectivity index (χ4v) is 4.74. The summed E-state index contributed by atoms with van der Waals surface area (Å²) in [6.07, 6.45) is -0.107. The Balaban J connectivity index is 1.17. The molecule has 5 heterocycles. The van der Waals surface area contributed by atoms with Gasteiger partial charge >= 0.3 is 6.18 Å². The molecule has 174 valence electrons. The van der Waals surface area contributed by atoms with E-state index in [9.17, 15) is 22.8 Å². The van der Waals surface area contributed by atoms with Gasteiger partial charge in [0.1, 0.15) is 16.9 Å². The summed E-state index contributed by atoms with van der Waals surface area (Å²) < 4.78 is 41.2. The van der Waals surface area contributed by atoms with Crippen LogP contribution in [0.15, 0.2) is 46.2 Å². The van der Waals surface area contributed by atoms with Crippen LogP contribution in [0.3, 0.4) is 0 Å². The molecule has 3 aromatic heterocycles. The fourth-order valence-electron chi connectivity index (χ4n) is 4.74. The first-order valence-electron chi connectivity index (χ1n) is 10.9. The molecule has 5 rings (SSSR count). The fraction of sp³-hybridized carbons (Fsp3) is 0.455. The van der Waals surface area contributed by atoms with Crippen LogP contribution in [0.2, 0.25) is 0 Å². The molecular weight excluding hydrogens is 437 g/mol. The summed E-state index contributed by atoms with van der Waals surface area (Å²) in [4.78, 5) is 34.7. The highest BCUT2D eigenvalue weighted by Crippen LogP contribution is 2.27. The summed E-state index contributed by atoms with van der Waals surface area (Å²) in [5.74, 6) is 0. The number of hydrogen-bond acceptors (Lipinski definition) is 6. The number of piperidine rings is 1. The van der Waals surface area contributed by atoms with Gasteiger partial charge < -0.3 is 10.2 Å². The summed E-state index contributed by atoms with van der Waals surface area (Å²) >= 11 is 0. The number of nitrogens with one attached hydrogen (secondary N) is 1. The number of nitrogens with zero attached hydrogens (tertiary/aromatic N) is 5. The number of halogens is 3. The standard InChI is InChI=1S/C22H23F3N6O2/c23-22(24,25)18-3-1-14(10-28-18)9-26-15-5-7-29(8-6-15)12-16-13-30-20(33)11-27-17-2-4-19(32)31(16)21(17)30/h1-4,10-11,15-16,26H,5-9,12-13H2. The highest BCUT2D eigenvalue weighted by Gasteiger charge is 2.32. The molecule has 8 nitrogen and oxygen atoms in total. The first kappa shape index (κ1) is 21.8. The van der Waals surface area contributed by atoms with Crippen LogP contribution in [0, 0.1) is 0 Å². The van der Waals surface area contributed by atoms with Crippen LogP contribution in [0.25, 0.3) is 11.2 Å². The highest BCUT2D eigenvalue weighted by molar-refractivity contribution is 5.71. The van der Waals surface area contributed by atoms with Crippen molar-refractivity contribution in [1.29, 1.82) is 0 Å². The minimum Gasteiger partial charge on any atom is -0.310 e. The molecule has 2 aliphatic heterocycles. The molecule has 0 amide bonds. The van der Waals surface area contributed by atoms with Crippen LogP contribution in [0.4, 0.5) is 13.2 Å². The number of rotatable bonds is 5. The average molecular weight is 460 g/mol. The first-order valence-corrected chi connectivity index (χ1v) is 10.9. The van der Waals surface area contributed by atoms with Gasteiger partial charge in [0.25, 0.3) is 11.1 Å². The summed E-state index contributed by atoms with van der Waals surface area (Å²) in [7, 11) is 0. The predicted molar refractivity (Wildman–Crippen MR) is 115 cm³/mol. The summed E-state index contributed by atoms with van der Waals surface area (Å²) in [5, 5.41) is 3.40. The lowest BCUT2D eigenvalue weighted by Crippen LogP contribution is -2.44. The van der Waals surface area contributed by atoms with E-state index in [-0.39, 0.29) is 23.2 Å². The third kappa shape index (κ3) is 4.30. The van der Waals surface area contributed by atoms with E-state index in [1.807, 2.05) is 0 Å². The van der Waals surface area contributed by atoms with E-state index in [2.05, 4.69) is 20.2 Å². The molecule has 11 heteroatoms. The van der Waals surface area contributed by atoms with E-state index in [4.69, 9.17) is 0 Å². The SMILES string of the molecule is O=c1cnc2ccc(=O)n3c2n1CC3CN1CCC(NCc2ccc(C(F)(F)F)nc2)CC1. The van der Waals surface area contributed by atoms with Crippen LogP contribution < -0.4 is 16.4 Å². The van der Waals surface area contributed by atoms with Crippen molar-refractivity contribution in [2.24, 2.45) is 0 Å². The zero-order valence-corrected chi connectivity index (χ0v) is 17.8. The molecule has 2 aliphatic rings. The Morgan fingerprint density at radius 2 is 1.79 bits per heavy atom. The maximum Gasteiger partial charge on any atom is 0.433 e. The smallest absolute Gasteiger partial charge is 0.310 e. The number of pyridine rings is 2. The molecule has 0 radical (unpaired) electrons. The number of hydrogen-bond donors (Lipinski definition) is 1. The number of likely N-dealkylation sites (tertiary alicyclic amines) is 1. The van der Waals surface area contributed by atoms with E-state index in [1.54, 1.807) is 15.2 Å². The molecule has 1 N–H and O–H groups in total. The summed E-state index contributed by atoms with van der Waals surface area (Å²) in [6.45, 7) is 3.23. The van der Waals surface area contributed by atoms with Gasteiger partial charge in [0.2, 0.25) is 0 Å². The monoisotopic (exact) mass is 460 g/mol. The molecular formula is C22H23F3N6O2. The predicted octanol–water partition coefficient (Wildman–Crippen LogP) is 1.78. The lowest BCUT2D eigenvalue weighted by atomic mass is 10.0. The van der Waals surface area contributed by atoms with E-state index >= 15 is 0 Å². The van der Waals surface area contributed by atoms with Crippen LogP contribution in [-0.2, 0) is 19.3 Å². The van der Waals surface area contributed by atoms with Crippen molar-refractivity contribution in [3.05, 3.63) is 68.6 Å². The van der Waals surface area contributed by atoms with Crippen molar-refractivity contribution >= 4 is 11.2 Å². The maximum atomic E-state index is 12.6. The summed E-state index contributed by atoms with van der Waals surface area (Å²) in [6, 6.07) is 5.72. The highest BCUT2D eigenvalue weighted by atomic mass is 19.4. The van der Waals surface area contributed by atoms with Gasteiger partial charge in [-0.2, -0.15) is 13.2 Å². The number of aromatic nitrogens is 4. The molecule has 1 atom stereocenters. The van der Waals surface area contributed by atoms with Crippen molar-refractivity contribution < 1.29 is 13.2 Å². The zero-order valence-electron chi connectivity index (χ0n) is 17.8. The van der Waals surface area contributed by atoms with Crippen molar-refractivity contribution in [3.63, 3.8) is 0 Å². The van der Waals surface area contributed by atoms with Crippen molar-refractivity contribution in [1.82, 2.24) is 29.3 Å². The van der Waals surface area contributed by atoms with Gasteiger partial charge in [-0.1, -0.05) is 6.07 Å². The van der Waals surface area contributed by atoms with Gasteiger partial charge in [-0.25, -0.2) is 4.98 Å². The van der Waals surface area contributed by atoms with Gasteiger partial charge in [0.15, 0.2) is 0 Å². The van der Waals surface area contributed by atoms with E-state index in [1.165, 1.54) is 24.5 Å². The first-order chi connectivity index (χ1) is 15.8. The Hall–Kier alpha value is -3.05. The average Bonchev–Trinajstić information content (AvgIpc) is 3.18. The van der Waals surface area contributed by atoms with Gasteiger partial charge in [0, 0.05) is 37.9 Å². The second-order valence-electron chi connectivity index (χ2n) is 8.62. The second kappa shape index (κ2) is 8.38. The van der Waals surface area contributed by atoms with Crippen molar-refractivity contribution in [3.8, 4) is 0 Å². The third-order valence-electron chi connectivity index (χ3n) is 6.44.